The van der Waals surface area contributed by atoms with Crippen molar-refractivity contribution in [3.05, 3.63) is 33.2 Å². The Morgan fingerprint density at radius 2 is 1.94 bits per heavy atom. The van der Waals surface area contributed by atoms with Crippen LogP contribution in [0, 0.1) is 0 Å². The van der Waals surface area contributed by atoms with Crippen LogP contribution in [0.2, 0.25) is 0 Å². The highest BCUT2D eigenvalue weighted by molar-refractivity contribution is 5.57. The van der Waals surface area contributed by atoms with Crippen LogP contribution in [0.5, 0.6) is 5.88 Å². The molecule has 0 amide bonds. The first kappa shape index (κ1) is 21.6. The zero-order valence-electron chi connectivity index (χ0n) is 19.1. The minimum atomic E-state index is -0.475. The number of hydrogen-bond donors (Lipinski definition) is 4. The number of nitrogens with one attached hydrogen (secondary N) is 3. The monoisotopic (exact) mass is 453 g/mol. The third-order valence-electron chi connectivity index (χ3n) is 6.62. The van der Waals surface area contributed by atoms with E-state index in [2.05, 4.69) is 44.1 Å². The molecule has 2 fully saturated rings. The maximum atomic E-state index is 11.5. The minimum Gasteiger partial charge on any atom is -0.493 e. The van der Waals surface area contributed by atoms with Crippen molar-refractivity contribution in [2.24, 2.45) is 4.99 Å². The zero-order valence-corrected chi connectivity index (χ0v) is 19.1. The van der Waals surface area contributed by atoms with E-state index in [0.717, 1.165) is 51.6 Å². The molecule has 11 nitrogen and oxygen atoms in total. The van der Waals surface area contributed by atoms with E-state index < -0.39 is 5.69 Å². The Balaban J connectivity index is 1.46. The van der Waals surface area contributed by atoms with Crippen LogP contribution < -0.4 is 21.8 Å². The summed E-state index contributed by atoms with van der Waals surface area (Å²) in [5, 5.41) is 18.5. The van der Waals surface area contributed by atoms with Crippen molar-refractivity contribution in [3.8, 4) is 5.88 Å². The van der Waals surface area contributed by atoms with Gasteiger partial charge in [-0.25, -0.2) is 9.79 Å². The van der Waals surface area contributed by atoms with Gasteiger partial charge < -0.3 is 20.3 Å². The molecule has 176 valence electrons. The van der Waals surface area contributed by atoms with Crippen LogP contribution >= 0.6 is 0 Å². The lowest BCUT2D eigenvalue weighted by Crippen LogP contribution is -2.40. The molecule has 3 aromatic rings. The van der Waals surface area contributed by atoms with Crippen LogP contribution in [0.4, 0.5) is 5.95 Å². The van der Waals surface area contributed by atoms with Crippen LogP contribution in [0.15, 0.2) is 16.0 Å². The van der Waals surface area contributed by atoms with Crippen molar-refractivity contribution >= 4 is 17.7 Å². The van der Waals surface area contributed by atoms with Gasteiger partial charge in [-0.2, -0.15) is 19.6 Å². The molecule has 3 heterocycles. The fraction of sp³-hybridized carbons (Fsp3) is 0.591. The summed E-state index contributed by atoms with van der Waals surface area (Å²) in [6, 6.07) is 1.24. The molecule has 5 rings (SSSR count). The molecule has 2 saturated carbocycles. The molecule has 2 aliphatic rings. The van der Waals surface area contributed by atoms with Crippen LogP contribution in [0.25, 0.3) is 11.7 Å². The number of hydrogen-bond acceptors (Lipinski definition) is 8. The van der Waals surface area contributed by atoms with Gasteiger partial charge in [0, 0.05) is 17.3 Å². The summed E-state index contributed by atoms with van der Waals surface area (Å²) < 4.78 is 1.62. The topological polar surface area (TPSA) is 140 Å². The number of aromatic amines is 2. The van der Waals surface area contributed by atoms with Crippen molar-refractivity contribution in [1.82, 2.24) is 34.4 Å². The number of fused-ring (bicyclic) bond motifs is 1. The van der Waals surface area contributed by atoms with E-state index in [-0.39, 0.29) is 17.6 Å². The number of rotatable bonds is 7. The Kier molecular flexibility index (Phi) is 5.88. The Hall–Kier alpha value is -3.21. The van der Waals surface area contributed by atoms with Gasteiger partial charge in [-0.05, 0) is 57.7 Å². The molecule has 0 saturated heterocycles. The lowest BCUT2D eigenvalue weighted by molar-refractivity contribution is 0.167. The predicted octanol–water partition coefficient (Wildman–Crippen LogP) is 0.522. The third-order valence-corrected chi connectivity index (χ3v) is 6.62. The summed E-state index contributed by atoms with van der Waals surface area (Å²) in [5.41, 5.74) is 0.897. The van der Waals surface area contributed by atoms with Crippen LogP contribution in [-0.2, 0) is 0 Å². The standard InChI is InChI=1S/C22H31N9O2/c1-3-30(4-2)16-9-7-14(8-10-16)24-20-27-18-13(11-17-19(32)28-22(33)26-17)12-23-31(18)21(29-20)25-15-5-6-15/h11-12,14-16,32H,3-10H2,1-2H3,(H,24,25,29)(H2,26,28,33). The Morgan fingerprint density at radius 3 is 2.58 bits per heavy atom. The van der Waals surface area contributed by atoms with E-state index in [4.69, 9.17) is 9.98 Å². The number of H-pyrrole nitrogens is 2. The largest absolute Gasteiger partial charge is 0.493 e. The molecule has 0 atom stereocenters. The average molecular weight is 454 g/mol. The second-order valence-corrected chi connectivity index (χ2v) is 8.90. The Labute approximate surface area is 190 Å². The maximum Gasteiger partial charge on any atom is 0.326 e. The van der Waals surface area contributed by atoms with Crippen LogP contribution in [0.3, 0.4) is 0 Å². The fourth-order valence-electron chi connectivity index (χ4n) is 4.65. The lowest BCUT2D eigenvalue weighted by Gasteiger charge is -2.36. The van der Waals surface area contributed by atoms with Gasteiger partial charge >= 0.3 is 5.69 Å². The van der Waals surface area contributed by atoms with E-state index in [1.165, 1.54) is 0 Å². The van der Waals surface area contributed by atoms with Gasteiger partial charge in [-0.15, -0.1) is 0 Å². The number of aromatic nitrogens is 6. The van der Waals surface area contributed by atoms with Crippen molar-refractivity contribution in [2.75, 3.05) is 18.4 Å². The van der Waals surface area contributed by atoms with Gasteiger partial charge in [0.05, 0.1) is 12.2 Å². The molecular weight excluding hydrogens is 422 g/mol. The van der Waals surface area contributed by atoms with Crippen molar-refractivity contribution in [1.29, 1.82) is 0 Å². The van der Waals surface area contributed by atoms with E-state index in [0.29, 0.717) is 34.5 Å². The molecule has 2 aliphatic carbocycles. The molecule has 0 aliphatic heterocycles. The first-order valence-corrected chi connectivity index (χ1v) is 11.9. The van der Waals surface area contributed by atoms with Gasteiger partial charge in [0.1, 0.15) is 5.69 Å². The normalized spacial score (nSPS) is 22.5. The SMILES string of the molecule is CCN(CC)C1CCC(Nc2nc(=NC3CC3)n3ncc(=Cc4[nH]c(=O)[nH]c4O)c3n2)CC1. The van der Waals surface area contributed by atoms with Gasteiger partial charge in [0.25, 0.3) is 5.62 Å². The van der Waals surface area contributed by atoms with Gasteiger partial charge in [-0.1, -0.05) is 13.8 Å². The summed E-state index contributed by atoms with van der Waals surface area (Å²) in [4.78, 5) is 33.1. The highest BCUT2D eigenvalue weighted by Gasteiger charge is 2.25. The molecule has 0 bridgehead atoms. The smallest absolute Gasteiger partial charge is 0.326 e. The second-order valence-electron chi connectivity index (χ2n) is 8.90. The predicted molar refractivity (Wildman–Crippen MR) is 124 cm³/mol. The molecule has 4 N–H and O–H groups in total. The molecule has 33 heavy (non-hydrogen) atoms. The van der Waals surface area contributed by atoms with Crippen LogP contribution in [0.1, 0.15) is 58.1 Å². The first-order valence-electron chi connectivity index (χ1n) is 11.9. The molecule has 3 aromatic heterocycles. The number of imidazole rings is 1. The van der Waals surface area contributed by atoms with E-state index in [9.17, 15) is 9.90 Å². The Morgan fingerprint density at radius 1 is 1.18 bits per heavy atom. The minimum absolute atomic E-state index is 0.223. The average Bonchev–Trinajstić information content (AvgIpc) is 3.44. The first-order chi connectivity index (χ1) is 16.0. The summed E-state index contributed by atoms with van der Waals surface area (Å²) in [6.07, 6.45) is 9.86. The fourth-order valence-corrected chi connectivity index (χ4v) is 4.65. The zero-order chi connectivity index (χ0) is 22.9. The van der Waals surface area contributed by atoms with Crippen molar-refractivity contribution in [3.63, 3.8) is 0 Å². The molecule has 11 heteroatoms. The maximum absolute atomic E-state index is 11.5. The summed E-state index contributed by atoms with van der Waals surface area (Å²) in [6.45, 7) is 6.64. The third kappa shape index (κ3) is 4.63. The summed E-state index contributed by atoms with van der Waals surface area (Å²) in [5.74, 6) is 0.315. The van der Waals surface area contributed by atoms with E-state index >= 15 is 0 Å². The molecule has 0 unspecified atom stereocenters. The van der Waals surface area contributed by atoms with Crippen molar-refractivity contribution < 1.29 is 5.11 Å². The number of nitrogens with zero attached hydrogens (tertiary/aromatic N) is 6. The highest BCUT2D eigenvalue weighted by Crippen LogP contribution is 2.25. The number of anilines is 1. The van der Waals surface area contributed by atoms with E-state index in [1.54, 1.807) is 16.8 Å². The molecule has 0 radical (unpaired) electrons. The molecule has 0 aromatic carbocycles. The molecule has 0 spiro atoms. The molecular formula is C22H31N9O2. The van der Waals surface area contributed by atoms with E-state index in [1.807, 2.05) is 0 Å². The van der Waals surface area contributed by atoms with Crippen molar-refractivity contribution in [2.45, 2.75) is 70.5 Å². The van der Waals surface area contributed by atoms with Crippen LogP contribution in [-0.4, -0.2) is 70.8 Å². The highest BCUT2D eigenvalue weighted by atomic mass is 16.3. The summed E-state index contributed by atoms with van der Waals surface area (Å²) >= 11 is 0. The lowest BCUT2D eigenvalue weighted by atomic mass is 9.90. The van der Waals surface area contributed by atoms with Gasteiger partial charge in [-0.3, -0.25) is 4.98 Å². The quantitative estimate of drug-likeness (QED) is 0.409. The Bertz CT molecular complexity index is 1290. The second kappa shape index (κ2) is 8.97. The number of aromatic hydroxyl groups is 1. The summed E-state index contributed by atoms with van der Waals surface area (Å²) in [7, 11) is 0. The van der Waals surface area contributed by atoms with Gasteiger partial charge in [0.2, 0.25) is 11.8 Å². The van der Waals surface area contributed by atoms with Gasteiger partial charge in [0.15, 0.2) is 5.65 Å².